The van der Waals surface area contributed by atoms with E-state index in [0.717, 1.165) is 12.1 Å². The molecule has 0 unspecified atom stereocenters. The van der Waals surface area contributed by atoms with Crippen LogP contribution in [0.25, 0.3) is 11.3 Å². The maximum absolute atomic E-state index is 13.2. The molecule has 1 aromatic heterocycles. The molecule has 25 heavy (non-hydrogen) atoms. The predicted octanol–water partition coefficient (Wildman–Crippen LogP) is 3.68. The molecule has 0 spiro atoms. The van der Waals surface area contributed by atoms with Crippen molar-refractivity contribution in [1.29, 1.82) is 0 Å². The fraction of sp³-hybridized carbons (Fsp3) is 0. The third-order valence-electron chi connectivity index (χ3n) is 3.22. The van der Waals surface area contributed by atoms with E-state index in [2.05, 4.69) is 15.3 Å². The lowest BCUT2D eigenvalue weighted by Gasteiger charge is -2.08. The summed E-state index contributed by atoms with van der Waals surface area (Å²) in [6, 6.07) is 11.2. The van der Waals surface area contributed by atoms with Crippen LogP contribution in [0.4, 0.5) is 20.4 Å². The van der Waals surface area contributed by atoms with Crippen LogP contribution in [0.3, 0.4) is 0 Å². The number of nitrogens with zero attached hydrogens (tertiary/aromatic N) is 2. The van der Waals surface area contributed by atoms with Crippen LogP contribution in [0.15, 0.2) is 54.7 Å². The van der Waals surface area contributed by atoms with Crippen molar-refractivity contribution in [2.24, 2.45) is 0 Å². The maximum Gasteiger partial charge on any atom is 0.255 e. The Kier molecular flexibility index (Phi) is 5.61. The van der Waals surface area contributed by atoms with Gasteiger partial charge in [0, 0.05) is 29.1 Å². The predicted molar refractivity (Wildman–Crippen MR) is 93.4 cm³/mol. The summed E-state index contributed by atoms with van der Waals surface area (Å²) in [5, 5.41) is 2.59. The standard InChI is InChI=1S/C17H12F2N4O.ClH/c18-12-6-11(7-13(19)9-12)16(24)22-14-3-1-2-10(8-14)15-4-5-21-17(20)23-15;/h1-9H,(H,22,24)(H2,20,21,23);1H. The summed E-state index contributed by atoms with van der Waals surface area (Å²) in [6.07, 6.45) is 1.53. The normalized spacial score (nSPS) is 10.0. The van der Waals surface area contributed by atoms with Crippen molar-refractivity contribution in [1.82, 2.24) is 9.97 Å². The number of hydrogen-bond acceptors (Lipinski definition) is 4. The molecule has 0 saturated carbocycles. The zero-order valence-electron chi connectivity index (χ0n) is 12.7. The first-order chi connectivity index (χ1) is 11.5. The minimum atomic E-state index is -0.814. The summed E-state index contributed by atoms with van der Waals surface area (Å²) in [5.74, 6) is -2.11. The SMILES string of the molecule is Cl.Nc1nccc(-c2cccc(NC(=O)c3cc(F)cc(F)c3)c2)n1. The summed E-state index contributed by atoms with van der Waals surface area (Å²) in [6.45, 7) is 0. The van der Waals surface area contributed by atoms with Gasteiger partial charge in [-0.25, -0.2) is 18.7 Å². The Morgan fingerprint density at radius 1 is 1.04 bits per heavy atom. The summed E-state index contributed by atoms with van der Waals surface area (Å²) >= 11 is 0. The topological polar surface area (TPSA) is 80.9 Å². The Morgan fingerprint density at radius 3 is 2.44 bits per heavy atom. The highest BCUT2D eigenvalue weighted by Crippen LogP contribution is 2.21. The van der Waals surface area contributed by atoms with E-state index >= 15 is 0 Å². The maximum atomic E-state index is 13.2. The minimum Gasteiger partial charge on any atom is -0.368 e. The number of nitrogens with two attached hydrogens (primary N) is 1. The second kappa shape index (κ2) is 7.67. The van der Waals surface area contributed by atoms with Crippen molar-refractivity contribution in [2.75, 3.05) is 11.1 Å². The van der Waals surface area contributed by atoms with Crippen LogP contribution < -0.4 is 11.1 Å². The number of carbonyl (C=O) groups is 1. The molecule has 0 aliphatic rings. The highest BCUT2D eigenvalue weighted by atomic mass is 35.5. The molecule has 0 aliphatic carbocycles. The lowest BCUT2D eigenvalue weighted by atomic mass is 10.1. The van der Waals surface area contributed by atoms with Crippen molar-refractivity contribution in [2.45, 2.75) is 0 Å². The zero-order chi connectivity index (χ0) is 17.1. The number of rotatable bonds is 3. The molecule has 0 aliphatic heterocycles. The molecule has 1 heterocycles. The lowest BCUT2D eigenvalue weighted by Crippen LogP contribution is -2.12. The van der Waals surface area contributed by atoms with Gasteiger partial charge in [-0.15, -0.1) is 12.4 Å². The third kappa shape index (κ3) is 4.48. The average Bonchev–Trinajstić information content (AvgIpc) is 2.54. The van der Waals surface area contributed by atoms with Crippen molar-refractivity contribution >= 4 is 29.9 Å². The molecule has 0 radical (unpaired) electrons. The van der Waals surface area contributed by atoms with Crippen LogP contribution in [0.1, 0.15) is 10.4 Å². The van der Waals surface area contributed by atoms with Gasteiger partial charge in [0.25, 0.3) is 5.91 Å². The Bertz CT molecular complexity index is 900. The largest absolute Gasteiger partial charge is 0.368 e. The first-order valence-corrected chi connectivity index (χ1v) is 6.98. The van der Waals surface area contributed by atoms with Gasteiger partial charge < -0.3 is 11.1 Å². The molecule has 3 aromatic rings. The molecule has 128 valence electrons. The number of anilines is 2. The van der Waals surface area contributed by atoms with Crippen LogP contribution in [0.2, 0.25) is 0 Å². The second-order valence-corrected chi connectivity index (χ2v) is 4.99. The Hall–Kier alpha value is -3.06. The van der Waals surface area contributed by atoms with E-state index in [4.69, 9.17) is 5.73 Å². The summed E-state index contributed by atoms with van der Waals surface area (Å²) in [7, 11) is 0. The molecule has 0 bridgehead atoms. The van der Waals surface area contributed by atoms with Crippen molar-refractivity contribution in [3.63, 3.8) is 0 Å². The van der Waals surface area contributed by atoms with Gasteiger partial charge in [0.2, 0.25) is 5.95 Å². The van der Waals surface area contributed by atoms with Gasteiger partial charge >= 0.3 is 0 Å². The van der Waals surface area contributed by atoms with E-state index in [1.807, 2.05) is 0 Å². The summed E-state index contributed by atoms with van der Waals surface area (Å²) in [5.41, 5.74) is 7.21. The molecule has 3 N–H and O–H groups in total. The minimum absolute atomic E-state index is 0. The molecule has 1 amide bonds. The van der Waals surface area contributed by atoms with Gasteiger partial charge in [-0.1, -0.05) is 12.1 Å². The van der Waals surface area contributed by atoms with E-state index in [1.165, 1.54) is 6.20 Å². The number of amides is 1. The van der Waals surface area contributed by atoms with E-state index in [-0.39, 0.29) is 23.9 Å². The highest BCUT2D eigenvalue weighted by molar-refractivity contribution is 6.04. The van der Waals surface area contributed by atoms with Crippen molar-refractivity contribution in [3.05, 3.63) is 71.9 Å². The molecular formula is C17H13ClF2N4O. The summed E-state index contributed by atoms with van der Waals surface area (Å²) in [4.78, 5) is 20.0. The Morgan fingerprint density at radius 2 is 1.76 bits per heavy atom. The number of aromatic nitrogens is 2. The molecule has 8 heteroatoms. The van der Waals surface area contributed by atoms with E-state index < -0.39 is 17.5 Å². The van der Waals surface area contributed by atoms with Crippen LogP contribution in [-0.4, -0.2) is 15.9 Å². The van der Waals surface area contributed by atoms with E-state index in [0.29, 0.717) is 23.0 Å². The number of carbonyl (C=O) groups excluding carboxylic acids is 1. The molecule has 0 fully saturated rings. The van der Waals surface area contributed by atoms with Gasteiger partial charge in [-0.05, 0) is 30.3 Å². The zero-order valence-corrected chi connectivity index (χ0v) is 13.6. The molecule has 2 aromatic carbocycles. The first-order valence-electron chi connectivity index (χ1n) is 6.98. The van der Waals surface area contributed by atoms with Gasteiger partial charge in [0.05, 0.1) is 5.69 Å². The van der Waals surface area contributed by atoms with Gasteiger partial charge in [-0.2, -0.15) is 0 Å². The number of benzene rings is 2. The smallest absolute Gasteiger partial charge is 0.255 e. The second-order valence-electron chi connectivity index (χ2n) is 4.99. The van der Waals surface area contributed by atoms with Crippen LogP contribution in [0.5, 0.6) is 0 Å². The average molecular weight is 363 g/mol. The lowest BCUT2D eigenvalue weighted by molar-refractivity contribution is 0.102. The molecule has 0 saturated heterocycles. The van der Waals surface area contributed by atoms with Crippen LogP contribution in [-0.2, 0) is 0 Å². The van der Waals surface area contributed by atoms with Crippen molar-refractivity contribution in [3.8, 4) is 11.3 Å². The summed E-state index contributed by atoms with van der Waals surface area (Å²) < 4.78 is 26.4. The van der Waals surface area contributed by atoms with Gasteiger partial charge in [0.15, 0.2) is 0 Å². The van der Waals surface area contributed by atoms with Gasteiger partial charge in [-0.3, -0.25) is 4.79 Å². The molecule has 0 atom stereocenters. The number of halogens is 3. The molecule has 5 nitrogen and oxygen atoms in total. The van der Waals surface area contributed by atoms with E-state index in [9.17, 15) is 13.6 Å². The molecular weight excluding hydrogens is 350 g/mol. The Balaban J connectivity index is 0.00000225. The van der Waals surface area contributed by atoms with Crippen LogP contribution in [0, 0.1) is 11.6 Å². The van der Waals surface area contributed by atoms with Crippen molar-refractivity contribution < 1.29 is 13.6 Å². The highest BCUT2D eigenvalue weighted by Gasteiger charge is 2.10. The number of nitrogen functional groups attached to an aromatic ring is 1. The quantitative estimate of drug-likeness (QED) is 0.744. The van der Waals surface area contributed by atoms with E-state index in [1.54, 1.807) is 30.3 Å². The monoisotopic (exact) mass is 362 g/mol. The number of hydrogen-bond donors (Lipinski definition) is 2. The van der Waals surface area contributed by atoms with Crippen LogP contribution >= 0.6 is 12.4 Å². The third-order valence-corrected chi connectivity index (χ3v) is 3.22. The first kappa shape index (κ1) is 18.3. The number of nitrogens with one attached hydrogen (secondary N) is 1. The Labute approximate surface area is 148 Å². The van der Waals surface area contributed by atoms with Gasteiger partial charge in [0.1, 0.15) is 11.6 Å². The molecule has 3 rings (SSSR count). The fourth-order valence-electron chi connectivity index (χ4n) is 2.18. The fourth-order valence-corrected chi connectivity index (χ4v) is 2.18.